The zero-order valence-electron chi connectivity index (χ0n) is 16.8. The molecule has 0 N–H and O–H groups in total. The Morgan fingerprint density at radius 1 is 0.963 bits per heavy atom. The second-order valence-electron chi connectivity index (χ2n) is 12.0. The Morgan fingerprint density at radius 2 is 1.81 bits per heavy atom. The van der Waals surface area contributed by atoms with Crippen molar-refractivity contribution in [3.05, 3.63) is 11.6 Å². The Hall–Kier alpha value is -0.920. The number of carbonyl (C=O) groups is 2. The molecular weight excluding hydrogens is 332 g/mol. The van der Waals surface area contributed by atoms with Gasteiger partial charge in [0.15, 0.2) is 5.78 Å². The molecule has 1 spiro atoms. The molecule has 10 atom stereocenters. The standard InChI is InChI=1S/C25H32O2/c1-23-6-3-13(26)9-19(23)15-10-16(15)21-18(23)5-7-24(2)22(21)17-11-20(17)25(24)8-4-14(27)12-25/h9,15-18,20-22H,3-8,10-12H2,1-2H3/t15-,16+,17-,18?,20+,21?,22?,23-,24+,25+/m1/s1. The topological polar surface area (TPSA) is 34.1 Å². The fraction of sp³-hybridized carbons (Fsp3) is 0.840. The first-order valence-corrected chi connectivity index (χ1v) is 11.7. The minimum Gasteiger partial charge on any atom is -0.300 e. The quantitative estimate of drug-likeness (QED) is 0.608. The van der Waals surface area contributed by atoms with Crippen molar-refractivity contribution in [2.45, 2.75) is 71.6 Å². The Balaban J connectivity index is 1.33. The number of Topliss-reactive ketones (excluding diaryl/α,β-unsaturated/α-hetero) is 1. The number of rotatable bonds is 0. The molecule has 0 aromatic rings. The third-order valence-corrected chi connectivity index (χ3v) is 11.5. The van der Waals surface area contributed by atoms with Crippen molar-refractivity contribution in [2.24, 2.45) is 57.7 Å². The molecule has 7 aliphatic carbocycles. The fourth-order valence-electron chi connectivity index (χ4n) is 10.4. The van der Waals surface area contributed by atoms with Crippen LogP contribution in [0.5, 0.6) is 0 Å². The Kier molecular flexibility index (Phi) is 2.64. The highest BCUT2D eigenvalue weighted by atomic mass is 16.1. The van der Waals surface area contributed by atoms with Crippen LogP contribution in [-0.2, 0) is 9.59 Å². The summed E-state index contributed by atoms with van der Waals surface area (Å²) in [5, 5.41) is 0. The van der Waals surface area contributed by atoms with E-state index < -0.39 is 0 Å². The summed E-state index contributed by atoms with van der Waals surface area (Å²) in [6.07, 6.45) is 12.4. The van der Waals surface area contributed by atoms with Crippen molar-refractivity contribution in [1.29, 1.82) is 0 Å². The number of hydrogen-bond acceptors (Lipinski definition) is 2. The average Bonchev–Trinajstić information content (AvgIpc) is 3.53. The molecule has 0 radical (unpaired) electrons. The van der Waals surface area contributed by atoms with E-state index in [0.717, 1.165) is 67.1 Å². The molecule has 6 fully saturated rings. The lowest BCUT2D eigenvalue weighted by atomic mass is 9.43. The van der Waals surface area contributed by atoms with Crippen molar-refractivity contribution in [2.75, 3.05) is 0 Å². The predicted molar refractivity (Wildman–Crippen MR) is 103 cm³/mol. The molecule has 0 amide bonds. The molecule has 144 valence electrons. The van der Waals surface area contributed by atoms with Gasteiger partial charge in [0.2, 0.25) is 0 Å². The molecule has 0 aliphatic heterocycles. The minimum atomic E-state index is 0.295. The summed E-state index contributed by atoms with van der Waals surface area (Å²) in [7, 11) is 0. The summed E-state index contributed by atoms with van der Waals surface area (Å²) in [4.78, 5) is 24.5. The molecule has 27 heavy (non-hydrogen) atoms. The summed E-state index contributed by atoms with van der Waals surface area (Å²) in [5.41, 5.74) is 2.64. The van der Waals surface area contributed by atoms with E-state index in [1.165, 1.54) is 32.1 Å². The van der Waals surface area contributed by atoms with Crippen molar-refractivity contribution in [3.8, 4) is 0 Å². The van der Waals surface area contributed by atoms with E-state index >= 15 is 0 Å². The molecule has 6 saturated carbocycles. The SMILES string of the molecule is C[C@]12CCC(=O)C=C1[C@@H]1C[C@@H]1C1C2CC[C@@]2(C)C1[C@@H]1C[C@@H]1[C@@]21CCC(=O)C1. The molecule has 0 aromatic heterocycles. The molecule has 0 bridgehead atoms. The van der Waals surface area contributed by atoms with Gasteiger partial charge in [0.05, 0.1) is 0 Å². The molecule has 2 heteroatoms. The van der Waals surface area contributed by atoms with Crippen LogP contribution in [0.3, 0.4) is 0 Å². The van der Waals surface area contributed by atoms with Crippen molar-refractivity contribution in [1.82, 2.24) is 0 Å². The van der Waals surface area contributed by atoms with Gasteiger partial charge < -0.3 is 0 Å². The van der Waals surface area contributed by atoms with E-state index in [9.17, 15) is 9.59 Å². The predicted octanol–water partition coefficient (Wildman–Crippen LogP) is 4.97. The van der Waals surface area contributed by atoms with E-state index in [2.05, 4.69) is 19.9 Å². The highest BCUT2D eigenvalue weighted by molar-refractivity contribution is 5.92. The summed E-state index contributed by atoms with van der Waals surface area (Å²) in [5.74, 6) is 6.88. The second-order valence-corrected chi connectivity index (χ2v) is 12.0. The maximum atomic E-state index is 12.4. The minimum absolute atomic E-state index is 0.295. The smallest absolute Gasteiger partial charge is 0.155 e. The zero-order chi connectivity index (χ0) is 18.3. The van der Waals surface area contributed by atoms with Gasteiger partial charge in [0.25, 0.3) is 0 Å². The Bertz CT molecular complexity index is 824. The van der Waals surface area contributed by atoms with Gasteiger partial charge in [0.1, 0.15) is 5.78 Å². The molecule has 2 nitrogen and oxygen atoms in total. The van der Waals surface area contributed by atoms with Crippen LogP contribution < -0.4 is 0 Å². The van der Waals surface area contributed by atoms with Crippen LogP contribution in [0.15, 0.2) is 11.6 Å². The van der Waals surface area contributed by atoms with Crippen LogP contribution in [0.25, 0.3) is 0 Å². The van der Waals surface area contributed by atoms with E-state index in [-0.39, 0.29) is 0 Å². The first-order valence-electron chi connectivity index (χ1n) is 11.7. The van der Waals surface area contributed by atoms with Gasteiger partial charge in [-0.15, -0.1) is 0 Å². The molecule has 7 rings (SSSR count). The van der Waals surface area contributed by atoms with Crippen LogP contribution in [0.1, 0.15) is 71.6 Å². The maximum absolute atomic E-state index is 12.4. The second kappa shape index (κ2) is 4.46. The van der Waals surface area contributed by atoms with Gasteiger partial charge in [0, 0.05) is 19.3 Å². The van der Waals surface area contributed by atoms with E-state index in [1.54, 1.807) is 5.57 Å². The summed E-state index contributed by atoms with van der Waals surface area (Å²) in [6.45, 7) is 5.14. The molecule has 0 saturated heterocycles. The molecule has 0 aromatic carbocycles. The molecular formula is C25H32O2. The third-order valence-electron chi connectivity index (χ3n) is 11.5. The van der Waals surface area contributed by atoms with E-state index in [4.69, 9.17) is 0 Å². The van der Waals surface area contributed by atoms with Crippen LogP contribution in [0.2, 0.25) is 0 Å². The van der Waals surface area contributed by atoms with Crippen LogP contribution in [0.4, 0.5) is 0 Å². The van der Waals surface area contributed by atoms with E-state index in [0.29, 0.717) is 27.8 Å². The van der Waals surface area contributed by atoms with Gasteiger partial charge in [-0.2, -0.15) is 0 Å². The number of ketones is 2. The van der Waals surface area contributed by atoms with Crippen molar-refractivity contribution >= 4 is 11.6 Å². The highest BCUT2D eigenvalue weighted by Gasteiger charge is 2.79. The molecule has 0 heterocycles. The van der Waals surface area contributed by atoms with Crippen LogP contribution in [0, 0.1) is 57.7 Å². The van der Waals surface area contributed by atoms with Gasteiger partial charge >= 0.3 is 0 Å². The zero-order valence-corrected chi connectivity index (χ0v) is 16.8. The van der Waals surface area contributed by atoms with Crippen molar-refractivity contribution < 1.29 is 9.59 Å². The number of hydrogen-bond donors (Lipinski definition) is 0. The van der Waals surface area contributed by atoms with Crippen LogP contribution in [-0.4, -0.2) is 11.6 Å². The lowest BCUT2D eigenvalue weighted by molar-refractivity contribution is -0.124. The van der Waals surface area contributed by atoms with Crippen molar-refractivity contribution in [3.63, 3.8) is 0 Å². The number of carbonyl (C=O) groups excluding carboxylic acids is 2. The van der Waals surface area contributed by atoms with Gasteiger partial charge in [-0.05, 0) is 102 Å². The third kappa shape index (κ3) is 1.61. The van der Waals surface area contributed by atoms with Gasteiger partial charge in [-0.3, -0.25) is 9.59 Å². The average molecular weight is 365 g/mol. The lowest BCUT2D eigenvalue weighted by Gasteiger charge is -2.60. The van der Waals surface area contributed by atoms with Gasteiger partial charge in [-0.25, -0.2) is 0 Å². The Labute approximate surface area is 162 Å². The maximum Gasteiger partial charge on any atom is 0.155 e. The van der Waals surface area contributed by atoms with Gasteiger partial charge in [-0.1, -0.05) is 19.4 Å². The first-order chi connectivity index (χ1) is 12.9. The van der Waals surface area contributed by atoms with Crippen LogP contribution >= 0.6 is 0 Å². The lowest BCUT2D eigenvalue weighted by Crippen LogP contribution is -2.54. The summed E-state index contributed by atoms with van der Waals surface area (Å²) < 4.78 is 0. The largest absolute Gasteiger partial charge is 0.300 e. The first kappa shape index (κ1) is 15.9. The highest BCUT2D eigenvalue weighted by Crippen LogP contribution is 2.84. The van der Waals surface area contributed by atoms with E-state index in [1.807, 2.05) is 0 Å². The monoisotopic (exact) mass is 364 g/mol. The summed E-state index contributed by atoms with van der Waals surface area (Å²) in [6, 6.07) is 0. The number of fused-ring (bicyclic) bond motifs is 12. The fourth-order valence-corrected chi connectivity index (χ4v) is 10.4. The summed E-state index contributed by atoms with van der Waals surface area (Å²) >= 11 is 0. The molecule has 3 unspecified atom stereocenters. The normalized spacial score (nSPS) is 62.3. The number of allylic oxidation sites excluding steroid dienone is 1. The molecule has 7 aliphatic rings. The Morgan fingerprint density at radius 3 is 2.59 bits per heavy atom.